The highest BCUT2D eigenvalue weighted by molar-refractivity contribution is 6.30. The second-order valence-electron chi connectivity index (χ2n) is 6.85. The molecule has 12 heteroatoms. The van der Waals surface area contributed by atoms with Crippen LogP contribution in [0.5, 0.6) is 0 Å². The second-order valence-corrected chi connectivity index (χ2v) is 7.28. The third-order valence-corrected chi connectivity index (χ3v) is 4.73. The average Bonchev–Trinajstić information content (AvgIpc) is 3.27. The number of likely N-dealkylation sites (N-methyl/N-ethyl adjacent to an activating group) is 1. The highest BCUT2D eigenvalue weighted by atomic mass is 35.5. The number of pyridine rings is 1. The zero-order valence-electron chi connectivity index (χ0n) is 17.1. The molecule has 0 fully saturated rings. The van der Waals surface area contributed by atoms with Crippen molar-refractivity contribution in [2.45, 2.75) is 32.7 Å². The van der Waals surface area contributed by atoms with Gasteiger partial charge in [-0.3, -0.25) is 4.79 Å². The molecule has 0 aliphatic rings. The molecular weight excluding hydrogens is 430 g/mol. The van der Waals surface area contributed by atoms with Crippen LogP contribution in [0.1, 0.15) is 36.7 Å². The molecule has 0 saturated carbocycles. The van der Waals surface area contributed by atoms with Crippen molar-refractivity contribution >= 4 is 23.5 Å². The molecule has 164 valence electrons. The summed E-state index contributed by atoms with van der Waals surface area (Å²) < 4.78 is 26.6. The van der Waals surface area contributed by atoms with Gasteiger partial charge in [-0.1, -0.05) is 11.6 Å². The normalized spacial score (nSPS) is 12.5. The van der Waals surface area contributed by atoms with E-state index in [0.29, 0.717) is 18.1 Å². The summed E-state index contributed by atoms with van der Waals surface area (Å²) in [4.78, 5) is 28.2. The lowest BCUT2D eigenvalue weighted by molar-refractivity contribution is 0.0167. The lowest BCUT2D eigenvalue weighted by Gasteiger charge is -2.28. The van der Waals surface area contributed by atoms with Gasteiger partial charge in [-0.25, -0.2) is 23.7 Å². The van der Waals surface area contributed by atoms with Crippen molar-refractivity contribution < 1.29 is 13.6 Å². The minimum atomic E-state index is -3.01. The van der Waals surface area contributed by atoms with Crippen molar-refractivity contribution in [3.05, 3.63) is 53.2 Å². The molecule has 0 saturated heterocycles. The van der Waals surface area contributed by atoms with Gasteiger partial charge < -0.3 is 10.2 Å². The first kappa shape index (κ1) is 22.5. The Balaban J connectivity index is 1.74. The fraction of sp³-hybridized carbons (Fsp3) is 0.368. The maximum absolute atomic E-state index is 13.3. The van der Waals surface area contributed by atoms with Gasteiger partial charge in [0.05, 0.1) is 28.5 Å². The number of hydrogen-bond acceptors (Lipinski definition) is 7. The molecule has 3 aromatic heterocycles. The van der Waals surface area contributed by atoms with E-state index in [4.69, 9.17) is 11.6 Å². The van der Waals surface area contributed by atoms with Crippen LogP contribution in [-0.4, -0.2) is 59.9 Å². The molecular formula is C19H21ClF2N8O. The molecule has 0 unspecified atom stereocenters. The smallest absolute Gasteiger partial charge is 0.273 e. The van der Waals surface area contributed by atoms with Crippen LogP contribution in [0.2, 0.25) is 5.02 Å². The molecule has 1 N–H and O–H groups in total. The monoisotopic (exact) mass is 450 g/mol. The number of halogens is 3. The molecule has 3 rings (SSSR count). The quantitative estimate of drug-likeness (QED) is 0.562. The summed E-state index contributed by atoms with van der Waals surface area (Å²) >= 11 is 6.07. The van der Waals surface area contributed by atoms with Crippen LogP contribution in [0, 0.1) is 0 Å². The fourth-order valence-electron chi connectivity index (χ4n) is 2.88. The number of anilines is 1. The SMILES string of the molecule is CCN(C(=O)c1cc(Cl)cnc1-n1nccn1)[C@@H](C)CNc1ncc(C(C)(F)F)cn1. The largest absolute Gasteiger partial charge is 0.352 e. The molecule has 3 aromatic rings. The van der Waals surface area contributed by atoms with Gasteiger partial charge in [-0.2, -0.15) is 10.2 Å². The number of aromatic nitrogens is 6. The lowest BCUT2D eigenvalue weighted by atomic mass is 10.2. The first-order valence-electron chi connectivity index (χ1n) is 9.48. The molecule has 0 bridgehead atoms. The third kappa shape index (κ3) is 5.29. The minimum absolute atomic E-state index is 0.189. The highest BCUT2D eigenvalue weighted by Crippen LogP contribution is 2.25. The van der Waals surface area contributed by atoms with Gasteiger partial charge in [0.2, 0.25) is 5.95 Å². The van der Waals surface area contributed by atoms with Crippen molar-refractivity contribution in [3.63, 3.8) is 0 Å². The number of carbonyl (C=O) groups is 1. The van der Waals surface area contributed by atoms with Gasteiger partial charge in [0, 0.05) is 44.6 Å². The Labute approximate surface area is 182 Å². The average molecular weight is 451 g/mol. The Morgan fingerprint density at radius 2 is 1.87 bits per heavy atom. The lowest BCUT2D eigenvalue weighted by Crippen LogP contribution is -2.42. The number of rotatable bonds is 8. The maximum Gasteiger partial charge on any atom is 0.273 e. The van der Waals surface area contributed by atoms with Crippen molar-refractivity contribution in [2.24, 2.45) is 0 Å². The zero-order valence-corrected chi connectivity index (χ0v) is 17.9. The van der Waals surface area contributed by atoms with E-state index in [0.717, 1.165) is 19.3 Å². The van der Waals surface area contributed by atoms with Gasteiger partial charge in [0.15, 0.2) is 5.82 Å². The van der Waals surface area contributed by atoms with E-state index in [1.54, 1.807) is 4.90 Å². The summed E-state index contributed by atoms with van der Waals surface area (Å²) in [5.41, 5.74) is -0.0205. The van der Waals surface area contributed by atoms with E-state index in [-0.39, 0.29) is 34.8 Å². The first-order valence-corrected chi connectivity index (χ1v) is 9.86. The predicted octanol–water partition coefficient (Wildman–Crippen LogP) is 3.18. The number of alkyl halides is 2. The minimum Gasteiger partial charge on any atom is -0.352 e. The molecule has 1 amide bonds. The summed E-state index contributed by atoms with van der Waals surface area (Å²) in [5.74, 6) is -2.86. The van der Waals surface area contributed by atoms with Crippen molar-refractivity contribution in [2.75, 3.05) is 18.4 Å². The fourth-order valence-corrected chi connectivity index (χ4v) is 3.04. The summed E-state index contributed by atoms with van der Waals surface area (Å²) in [6.07, 6.45) is 6.52. The van der Waals surface area contributed by atoms with Crippen LogP contribution in [0.3, 0.4) is 0 Å². The number of amides is 1. The van der Waals surface area contributed by atoms with Gasteiger partial charge in [0.1, 0.15) is 0 Å². The van der Waals surface area contributed by atoms with Gasteiger partial charge in [-0.05, 0) is 19.9 Å². The molecule has 31 heavy (non-hydrogen) atoms. The van der Waals surface area contributed by atoms with Crippen molar-refractivity contribution in [1.82, 2.24) is 34.8 Å². The van der Waals surface area contributed by atoms with E-state index in [2.05, 4.69) is 30.5 Å². The maximum atomic E-state index is 13.3. The molecule has 3 heterocycles. The standard InChI is InChI=1S/C19H21ClF2N8O/c1-4-29(12(2)8-24-18-25-9-13(10-26-18)19(3,21)22)17(31)15-7-14(20)11-23-16(15)30-27-5-6-28-30/h5-7,9-12H,4,8H2,1-3H3,(H,24,25,26)/t12-/m0/s1. The van der Waals surface area contributed by atoms with Crippen LogP contribution in [-0.2, 0) is 5.92 Å². The molecule has 0 spiro atoms. The Bertz CT molecular complexity index is 1020. The number of hydrogen-bond donors (Lipinski definition) is 1. The van der Waals surface area contributed by atoms with Crippen LogP contribution < -0.4 is 5.32 Å². The molecule has 1 atom stereocenters. The van der Waals surface area contributed by atoms with Crippen LogP contribution >= 0.6 is 11.6 Å². The Morgan fingerprint density at radius 1 is 1.23 bits per heavy atom. The number of carbonyl (C=O) groups excluding carboxylic acids is 1. The van der Waals surface area contributed by atoms with E-state index in [1.807, 2.05) is 13.8 Å². The molecule has 0 aliphatic carbocycles. The Kier molecular flexibility index (Phi) is 6.74. The Hall–Kier alpha value is -3.21. The topological polar surface area (TPSA) is 102 Å². The van der Waals surface area contributed by atoms with E-state index < -0.39 is 5.92 Å². The van der Waals surface area contributed by atoms with Gasteiger partial charge in [-0.15, -0.1) is 4.80 Å². The van der Waals surface area contributed by atoms with E-state index in [1.165, 1.54) is 29.5 Å². The molecule has 0 radical (unpaired) electrons. The summed E-state index contributed by atoms with van der Waals surface area (Å²) in [6.45, 7) is 5.16. The van der Waals surface area contributed by atoms with E-state index >= 15 is 0 Å². The summed E-state index contributed by atoms with van der Waals surface area (Å²) in [5, 5.41) is 11.3. The van der Waals surface area contributed by atoms with Crippen LogP contribution in [0.25, 0.3) is 5.82 Å². The molecule has 9 nitrogen and oxygen atoms in total. The zero-order chi connectivity index (χ0) is 22.6. The first-order chi connectivity index (χ1) is 14.7. The molecule has 0 aromatic carbocycles. The summed E-state index contributed by atoms with van der Waals surface area (Å²) in [6, 6.07) is 1.23. The van der Waals surface area contributed by atoms with Crippen LogP contribution in [0.4, 0.5) is 14.7 Å². The number of nitrogens with zero attached hydrogens (tertiary/aromatic N) is 7. The van der Waals surface area contributed by atoms with E-state index in [9.17, 15) is 13.6 Å². The van der Waals surface area contributed by atoms with Crippen LogP contribution in [0.15, 0.2) is 37.1 Å². The highest BCUT2D eigenvalue weighted by Gasteiger charge is 2.26. The van der Waals surface area contributed by atoms with Gasteiger partial charge in [0.25, 0.3) is 11.8 Å². The summed E-state index contributed by atoms with van der Waals surface area (Å²) in [7, 11) is 0. The predicted molar refractivity (Wildman–Crippen MR) is 110 cm³/mol. The number of nitrogens with one attached hydrogen (secondary N) is 1. The second kappa shape index (κ2) is 9.29. The molecule has 0 aliphatic heterocycles. The Morgan fingerprint density at radius 3 is 2.45 bits per heavy atom. The van der Waals surface area contributed by atoms with Crippen molar-refractivity contribution in [1.29, 1.82) is 0 Å². The third-order valence-electron chi connectivity index (χ3n) is 4.52. The van der Waals surface area contributed by atoms with Crippen molar-refractivity contribution in [3.8, 4) is 5.82 Å². The van der Waals surface area contributed by atoms with Gasteiger partial charge >= 0.3 is 0 Å².